The first kappa shape index (κ1) is 13.2. The Hall–Kier alpha value is -2.22. The van der Waals surface area contributed by atoms with E-state index in [-0.39, 0.29) is 10.5 Å². The number of carboxylic acids is 1. The predicted molar refractivity (Wildman–Crippen MR) is 66.2 cm³/mol. The summed E-state index contributed by atoms with van der Waals surface area (Å²) in [4.78, 5) is 15.0. The summed E-state index contributed by atoms with van der Waals surface area (Å²) < 4.78 is 24.0. The van der Waals surface area contributed by atoms with Gasteiger partial charge in [-0.05, 0) is 19.1 Å². The number of hydrogen-bond acceptors (Lipinski definition) is 5. The molecule has 0 aliphatic rings. The number of sulfone groups is 1. The van der Waals surface area contributed by atoms with Gasteiger partial charge >= 0.3 is 5.97 Å². The van der Waals surface area contributed by atoms with Crippen molar-refractivity contribution >= 4 is 15.8 Å². The van der Waals surface area contributed by atoms with E-state index in [1.807, 2.05) is 0 Å². The Morgan fingerprint density at radius 2 is 2.05 bits per heavy atom. The van der Waals surface area contributed by atoms with Crippen LogP contribution < -0.4 is 0 Å². The molecule has 0 bridgehead atoms. The summed E-state index contributed by atoms with van der Waals surface area (Å²) in [5.74, 6) is -0.703. The normalized spacial score (nSPS) is 11.5. The van der Waals surface area contributed by atoms with Gasteiger partial charge in [0, 0.05) is 6.26 Å². The quantitative estimate of drug-likeness (QED) is 0.887. The van der Waals surface area contributed by atoms with E-state index >= 15 is 0 Å². The van der Waals surface area contributed by atoms with Crippen LogP contribution in [0.15, 0.2) is 29.4 Å². The minimum atomic E-state index is -3.33. The molecular weight excluding hydrogens is 270 g/mol. The maximum atomic E-state index is 11.3. The van der Waals surface area contributed by atoms with Crippen LogP contribution in [0.5, 0.6) is 0 Å². The molecule has 0 amide bonds. The van der Waals surface area contributed by atoms with E-state index in [1.54, 1.807) is 6.92 Å². The first-order valence-corrected chi connectivity index (χ1v) is 7.14. The van der Waals surface area contributed by atoms with E-state index in [0.29, 0.717) is 11.5 Å². The Balaban J connectivity index is 2.46. The lowest BCUT2D eigenvalue weighted by Crippen LogP contribution is -2.05. The highest BCUT2D eigenvalue weighted by Crippen LogP contribution is 2.13. The van der Waals surface area contributed by atoms with Gasteiger partial charge in [-0.25, -0.2) is 22.9 Å². The molecule has 0 saturated heterocycles. The highest BCUT2D eigenvalue weighted by molar-refractivity contribution is 7.90. The number of aryl methyl sites for hydroxylation is 1. The van der Waals surface area contributed by atoms with Gasteiger partial charge in [-0.15, -0.1) is 0 Å². The molecule has 1 N–H and O–H groups in total. The van der Waals surface area contributed by atoms with Crippen LogP contribution in [0.4, 0.5) is 0 Å². The lowest BCUT2D eigenvalue weighted by atomic mass is 10.2. The molecule has 0 fully saturated rings. The fraction of sp³-hybridized carbons (Fsp3) is 0.182. The Morgan fingerprint density at radius 3 is 2.53 bits per heavy atom. The molecule has 0 saturated carbocycles. The van der Waals surface area contributed by atoms with Crippen molar-refractivity contribution in [1.29, 1.82) is 0 Å². The maximum Gasteiger partial charge on any atom is 0.337 e. The summed E-state index contributed by atoms with van der Waals surface area (Å²) in [6, 6.07) is 2.87. The lowest BCUT2D eigenvalue weighted by molar-refractivity contribution is 0.0695. The minimum absolute atomic E-state index is 0.0780. The van der Waals surface area contributed by atoms with Gasteiger partial charge < -0.3 is 5.11 Å². The second-order valence-corrected chi connectivity index (χ2v) is 6.02. The maximum absolute atomic E-state index is 11.3. The highest BCUT2D eigenvalue weighted by Gasteiger charge is 2.13. The van der Waals surface area contributed by atoms with Crippen molar-refractivity contribution in [3.8, 4) is 5.82 Å². The summed E-state index contributed by atoms with van der Waals surface area (Å²) in [7, 11) is -3.33. The van der Waals surface area contributed by atoms with Crippen LogP contribution in [-0.4, -0.2) is 40.5 Å². The first-order valence-electron chi connectivity index (χ1n) is 5.25. The van der Waals surface area contributed by atoms with E-state index < -0.39 is 15.8 Å². The summed E-state index contributed by atoms with van der Waals surface area (Å²) in [6.07, 6.45) is 3.63. The SMILES string of the molecule is Cc1nc(-n2cc(S(C)(=O)=O)cn2)ccc1C(=O)O. The monoisotopic (exact) mass is 281 g/mol. The van der Waals surface area contributed by atoms with Crippen LogP contribution >= 0.6 is 0 Å². The van der Waals surface area contributed by atoms with Gasteiger partial charge in [-0.2, -0.15) is 5.10 Å². The second kappa shape index (κ2) is 4.47. The average molecular weight is 281 g/mol. The summed E-state index contributed by atoms with van der Waals surface area (Å²) in [6.45, 7) is 1.56. The molecule has 0 aromatic carbocycles. The molecule has 2 aromatic heterocycles. The van der Waals surface area contributed by atoms with E-state index in [0.717, 1.165) is 6.26 Å². The van der Waals surface area contributed by atoms with Crippen molar-refractivity contribution in [2.24, 2.45) is 0 Å². The number of aromatic carboxylic acids is 1. The molecule has 0 unspecified atom stereocenters. The van der Waals surface area contributed by atoms with Crippen molar-refractivity contribution < 1.29 is 18.3 Å². The molecule has 2 rings (SSSR count). The topological polar surface area (TPSA) is 102 Å². The van der Waals surface area contributed by atoms with Gasteiger partial charge in [0.05, 0.1) is 23.7 Å². The smallest absolute Gasteiger partial charge is 0.337 e. The number of carbonyl (C=O) groups is 1. The Bertz CT molecular complexity index is 749. The van der Waals surface area contributed by atoms with Crippen molar-refractivity contribution in [2.45, 2.75) is 11.8 Å². The molecule has 0 aliphatic heterocycles. The molecule has 0 aliphatic carbocycles. The van der Waals surface area contributed by atoms with E-state index in [1.165, 1.54) is 29.2 Å². The summed E-state index contributed by atoms with van der Waals surface area (Å²) >= 11 is 0. The third-order valence-electron chi connectivity index (χ3n) is 2.52. The van der Waals surface area contributed by atoms with Crippen molar-refractivity contribution in [3.63, 3.8) is 0 Å². The fourth-order valence-corrected chi connectivity index (χ4v) is 2.05. The van der Waals surface area contributed by atoms with Crippen LogP contribution in [-0.2, 0) is 9.84 Å². The van der Waals surface area contributed by atoms with Gasteiger partial charge in [-0.1, -0.05) is 0 Å². The highest BCUT2D eigenvalue weighted by atomic mass is 32.2. The zero-order chi connectivity index (χ0) is 14.2. The van der Waals surface area contributed by atoms with Crippen molar-refractivity contribution in [3.05, 3.63) is 35.8 Å². The number of pyridine rings is 1. The number of nitrogens with zero attached hydrogens (tertiary/aromatic N) is 3. The number of aromatic nitrogens is 3. The average Bonchev–Trinajstić information content (AvgIpc) is 2.76. The largest absolute Gasteiger partial charge is 0.478 e. The van der Waals surface area contributed by atoms with Gasteiger partial charge in [0.25, 0.3) is 0 Å². The minimum Gasteiger partial charge on any atom is -0.478 e. The van der Waals surface area contributed by atoms with Crippen LogP contribution in [0, 0.1) is 6.92 Å². The predicted octanol–water partition coefficient (Wildman–Crippen LogP) is 0.677. The summed E-state index contributed by atoms with van der Waals surface area (Å²) in [5, 5.41) is 12.8. The van der Waals surface area contributed by atoms with Crippen LogP contribution in [0.1, 0.15) is 16.1 Å². The van der Waals surface area contributed by atoms with Crippen LogP contribution in [0.2, 0.25) is 0 Å². The van der Waals surface area contributed by atoms with E-state index in [9.17, 15) is 13.2 Å². The van der Waals surface area contributed by atoms with Crippen LogP contribution in [0.25, 0.3) is 5.82 Å². The molecule has 8 heteroatoms. The third-order valence-corrected chi connectivity index (χ3v) is 3.59. The molecule has 0 atom stereocenters. The summed E-state index contributed by atoms with van der Waals surface area (Å²) in [5.41, 5.74) is 0.431. The standard InChI is InChI=1S/C11H11N3O4S/c1-7-9(11(15)16)3-4-10(13-7)14-6-8(5-12-14)19(2,17)18/h3-6H,1-2H3,(H,15,16). The number of rotatable bonds is 3. The molecule has 0 radical (unpaired) electrons. The number of carboxylic acid groups (broad SMARTS) is 1. The van der Waals surface area contributed by atoms with Gasteiger partial charge in [0.1, 0.15) is 4.90 Å². The van der Waals surface area contributed by atoms with Crippen molar-refractivity contribution in [1.82, 2.24) is 14.8 Å². The fourth-order valence-electron chi connectivity index (χ4n) is 1.52. The van der Waals surface area contributed by atoms with Gasteiger partial charge in [-0.3, -0.25) is 0 Å². The Morgan fingerprint density at radius 1 is 1.37 bits per heavy atom. The molecule has 19 heavy (non-hydrogen) atoms. The number of hydrogen-bond donors (Lipinski definition) is 1. The molecule has 100 valence electrons. The molecule has 0 spiro atoms. The molecular formula is C11H11N3O4S. The molecule has 2 aromatic rings. The Kier molecular flexibility index (Phi) is 3.11. The van der Waals surface area contributed by atoms with Gasteiger partial charge in [0.2, 0.25) is 0 Å². The molecule has 2 heterocycles. The third kappa shape index (κ3) is 2.63. The zero-order valence-electron chi connectivity index (χ0n) is 10.2. The van der Waals surface area contributed by atoms with E-state index in [2.05, 4.69) is 10.1 Å². The van der Waals surface area contributed by atoms with Crippen molar-refractivity contribution in [2.75, 3.05) is 6.26 Å². The lowest BCUT2D eigenvalue weighted by Gasteiger charge is -2.04. The van der Waals surface area contributed by atoms with Crippen LogP contribution in [0.3, 0.4) is 0 Å². The molecule has 7 nitrogen and oxygen atoms in total. The van der Waals surface area contributed by atoms with Gasteiger partial charge in [0.15, 0.2) is 15.7 Å². The Labute approximate surface area is 109 Å². The zero-order valence-corrected chi connectivity index (χ0v) is 11.0. The second-order valence-electron chi connectivity index (χ2n) is 4.00. The first-order chi connectivity index (χ1) is 8.79. The van der Waals surface area contributed by atoms with E-state index in [4.69, 9.17) is 5.11 Å².